The summed E-state index contributed by atoms with van der Waals surface area (Å²) in [6, 6.07) is 11.9. The Bertz CT molecular complexity index is 852. The Balaban J connectivity index is 1.43. The summed E-state index contributed by atoms with van der Waals surface area (Å²) in [4.78, 5) is 23.8. The minimum absolute atomic E-state index is 0.0371. The van der Waals surface area contributed by atoms with Gasteiger partial charge in [-0.2, -0.15) is 0 Å². The molecule has 28 heavy (non-hydrogen) atoms. The summed E-state index contributed by atoms with van der Waals surface area (Å²) in [5.74, 6) is -1.74. The van der Waals surface area contributed by atoms with Gasteiger partial charge in [0.05, 0.1) is 6.04 Å². The van der Waals surface area contributed by atoms with E-state index in [1.807, 2.05) is 13.0 Å². The summed E-state index contributed by atoms with van der Waals surface area (Å²) in [6.45, 7) is 1.02. The second kappa shape index (κ2) is 9.35. The van der Waals surface area contributed by atoms with Gasteiger partial charge in [0.25, 0.3) is 5.91 Å². The van der Waals surface area contributed by atoms with Crippen LogP contribution in [0.3, 0.4) is 0 Å². The lowest BCUT2D eigenvalue weighted by Gasteiger charge is -2.20. The topological polar surface area (TPSA) is 64.6 Å². The number of amides is 1. The average molecular weight is 385 g/mol. The lowest BCUT2D eigenvalue weighted by molar-refractivity contribution is -0.150. The molecule has 0 heterocycles. The third kappa shape index (κ3) is 5.31. The fourth-order valence-corrected chi connectivity index (χ4v) is 3.28. The van der Waals surface area contributed by atoms with E-state index in [1.54, 1.807) is 6.07 Å². The maximum absolute atomic E-state index is 13.4. The van der Waals surface area contributed by atoms with Gasteiger partial charge in [-0.25, -0.2) is 9.18 Å². The van der Waals surface area contributed by atoms with Gasteiger partial charge in [-0.15, -0.1) is 0 Å². The zero-order valence-electron chi connectivity index (χ0n) is 15.9. The highest BCUT2D eigenvalue weighted by molar-refractivity contribution is 5.81. The molecule has 3 rings (SSSR count). The first-order valence-corrected chi connectivity index (χ1v) is 9.47. The predicted octanol–water partition coefficient (Wildman–Crippen LogP) is 3.50. The third-order valence-electron chi connectivity index (χ3n) is 4.80. The summed E-state index contributed by atoms with van der Waals surface area (Å²) in [6.07, 6.45) is 4.61. The number of carbonyl (C=O) groups excluding carboxylic acids is 2. The fraction of sp³-hybridized carbons (Fsp3) is 0.364. The number of benzene rings is 2. The van der Waals surface area contributed by atoms with Crippen LogP contribution >= 0.6 is 0 Å². The molecule has 6 heteroatoms. The van der Waals surface area contributed by atoms with Crippen molar-refractivity contribution in [3.8, 4) is 5.75 Å². The van der Waals surface area contributed by atoms with Crippen LogP contribution in [0.4, 0.5) is 4.39 Å². The Morgan fingerprint density at radius 1 is 1.07 bits per heavy atom. The molecule has 0 saturated heterocycles. The summed E-state index contributed by atoms with van der Waals surface area (Å²) in [5, 5.41) is 2.82. The number of fused-ring (bicyclic) bond motifs is 1. The molecule has 1 atom stereocenters. The van der Waals surface area contributed by atoms with Gasteiger partial charge in [-0.1, -0.05) is 30.3 Å². The number of hydrogen-bond donors (Lipinski definition) is 1. The maximum atomic E-state index is 13.4. The van der Waals surface area contributed by atoms with Crippen LogP contribution in [0, 0.1) is 5.82 Å². The van der Waals surface area contributed by atoms with Gasteiger partial charge in [0.15, 0.2) is 24.8 Å². The first-order chi connectivity index (χ1) is 13.5. The zero-order chi connectivity index (χ0) is 19.9. The van der Waals surface area contributed by atoms with Crippen molar-refractivity contribution in [3.63, 3.8) is 0 Å². The quantitative estimate of drug-likeness (QED) is 0.741. The predicted molar refractivity (Wildman–Crippen MR) is 102 cm³/mol. The molecule has 0 aliphatic heterocycles. The van der Waals surface area contributed by atoms with Crippen LogP contribution in [0.1, 0.15) is 42.5 Å². The van der Waals surface area contributed by atoms with Gasteiger partial charge in [-0.3, -0.25) is 4.79 Å². The van der Waals surface area contributed by atoms with Crippen LogP contribution in [0.2, 0.25) is 0 Å². The Morgan fingerprint density at radius 3 is 2.61 bits per heavy atom. The van der Waals surface area contributed by atoms with Gasteiger partial charge in [0.1, 0.15) is 0 Å². The van der Waals surface area contributed by atoms with Gasteiger partial charge >= 0.3 is 5.97 Å². The van der Waals surface area contributed by atoms with Crippen molar-refractivity contribution in [1.29, 1.82) is 0 Å². The van der Waals surface area contributed by atoms with Gasteiger partial charge in [0, 0.05) is 0 Å². The first-order valence-electron chi connectivity index (χ1n) is 9.47. The Hall–Kier alpha value is -2.89. The number of nitrogens with one attached hydrogen (secondary N) is 1. The van der Waals surface area contributed by atoms with E-state index in [1.165, 1.54) is 42.2 Å². The Kier molecular flexibility index (Phi) is 6.63. The molecular formula is C22H24FNO4. The second-order valence-electron chi connectivity index (χ2n) is 6.90. The molecule has 1 N–H and O–H groups in total. The van der Waals surface area contributed by atoms with Crippen LogP contribution in [0.25, 0.3) is 0 Å². The first kappa shape index (κ1) is 19.9. The minimum atomic E-state index is -0.736. The number of halogens is 1. The number of carbonyl (C=O) groups is 2. The van der Waals surface area contributed by atoms with Gasteiger partial charge in [-0.05, 0) is 61.4 Å². The van der Waals surface area contributed by atoms with E-state index in [-0.39, 0.29) is 11.8 Å². The highest BCUT2D eigenvalue weighted by atomic mass is 19.1. The SMILES string of the molecule is C[C@H](NC(=O)COC(=O)COc1ccccc1F)c1ccc2c(c1)CCCC2. The van der Waals surface area contributed by atoms with Crippen molar-refractivity contribution < 1.29 is 23.5 Å². The highest BCUT2D eigenvalue weighted by Gasteiger charge is 2.15. The number of ether oxygens (including phenoxy) is 2. The lowest BCUT2D eigenvalue weighted by Crippen LogP contribution is -2.32. The zero-order valence-corrected chi connectivity index (χ0v) is 15.9. The van der Waals surface area contributed by atoms with E-state index in [2.05, 4.69) is 17.4 Å². The van der Waals surface area contributed by atoms with Crippen LogP contribution in [-0.2, 0) is 27.2 Å². The standard InChI is InChI=1S/C22H24FNO4/c1-15(17-11-10-16-6-2-3-7-18(16)12-17)24-21(25)13-28-22(26)14-27-20-9-5-4-8-19(20)23/h4-5,8-12,15H,2-3,6-7,13-14H2,1H3,(H,24,25)/t15-/m0/s1. The molecule has 0 radical (unpaired) electrons. The molecule has 0 aromatic heterocycles. The van der Waals surface area contributed by atoms with Gasteiger partial charge in [0.2, 0.25) is 0 Å². The molecule has 148 valence electrons. The van der Waals surface area contributed by atoms with Crippen LogP contribution < -0.4 is 10.1 Å². The lowest BCUT2D eigenvalue weighted by atomic mass is 9.89. The van der Waals surface area contributed by atoms with E-state index < -0.39 is 30.9 Å². The van der Waals surface area contributed by atoms with Crippen molar-refractivity contribution in [1.82, 2.24) is 5.32 Å². The molecule has 0 fully saturated rings. The minimum Gasteiger partial charge on any atom is -0.479 e. The monoisotopic (exact) mass is 385 g/mol. The van der Waals surface area contributed by atoms with Crippen molar-refractivity contribution in [3.05, 3.63) is 65.0 Å². The van der Waals surface area contributed by atoms with Crippen molar-refractivity contribution in [2.24, 2.45) is 0 Å². The van der Waals surface area contributed by atoms with Crippen molar-refractivity contribution >= 4 is 11.9 Å². The average Bonchev–Trinajstić information content (AvgIpc) is 2.71. The molecule has 2 aromatic carbocycles. The molecule has 0 unspecified atom stereocenters. The van der Waals surface area contributed by atoms with Crippen molar-refractivity contribution in [2.45, 2.75) is 38.6 Å². The number of para-hydroxylation sites is 1. The smallest absolute Gasteiger partial charge is 0.344 e. The van der Waals surface area contributed by atoms with Gasteiger partial charge < -0.3 is 14.8 Å². The summed E-state index contributed by atoms with van der Waals surface area (Å²) >= 11 is 0. The van der Waals surface area contributed by atoms with E-state index in [9.17, 15) is 14.0 Å². The molecular weight excluding hydrogens is 361 g/mol. The largest absolute Gasteiger partial charge is 0.479 e. The molecule has 0 spiro atoms. The summed E-state index contributed by atoms with van der Waals surface area (Å²) in [7, 11) is 0. The molecule has 2 aromatic rings. The Morgan fingerprint density at radius 2 is 1.82 bits per heavy atom. The number of esters is 1. The molecule has 1 aliphatic carbocycles. The Labute approximate surface area is 163 Å². The molecule has 5 nitrogen and oxygen atoms in total. The maximum Gasteiger partial charge on any atom is 0.344 e. The molecule has 1 aliphatic rings. The highest BCUT2D eigenvalue weighted by Crippen LogP contribution is 2.24. The fourth-order valence-electron chi connectivity index (χ4n) is 3.28. The normalized spacial score (nSPS) is 13.9. The number of hydrogen-bond acceptors (Lipinski definition) is 4. The van der Waals surface area contributed by atoms with Crippen LogP contribution in [0.5, 0.6) is 5.75 Å². The third-order valence-corrected chi connectivity index (χ3v) is 4.80. The summed E-state index contributed by atoms with van der Waals surface area (Å²) < 4.78 is 23.4. The number of aryl methyl sites for hydroxylation is 2. The molecule has 0 bridgehead atoms. The van der Waals surface area contributed by atoms with Crippen LogP contribution in [0.15, 0.2) is 42.5 Å². The van der Waals surface area contributed by atoms with E-state index in [0.717, 1.165) is 18.4 Å². The van der Waals surface area contributed by atoms with E-state index in [0.29, 0.717) is 0 Å². The second-order valence-corrected chi connectivity index (χ2v) is 6.90. The van der Waals surface area contributed by atoms with Crippen LogP contribution in [-0.4, -0.2) is 25.1 Å². The molecule has 0 saturated carbocycles. The van der Waals surface area contributed by atoms with E-state index in [4.69, 9.17) is 9.47 Å². The van der Waals surface area contributed by atoms with Crippen molar-refractivity contribution in [2.75, 3.05) is 13.2 Å². The van der Waals surface area contributed by atoms with E-state index >= 15 is 0 Å². The number of rotatable bonds is 7. The summed E-state index contributed by atoms with van der Waals surface area (Å²) in [5.41, 5.74) is 3.77. The molecule has 1 amide bonds.